The molecule has 1 amide bonds. The summed E-state index contributed by atoms with van der Waals surface area (Å²) in [4.78, 5) is 40.0. The Morgan fingerprint density at radius 3 is 2.42 bits per heavy atom. The lowest BCUT2D eigenvalue weighted by Gasteiger charge is -2.45. The Kier molecular flexibility index (Phi) is 7.36. The molecule has 8 heteroatoms. The van der Waals surface area contributed by atoms with Gasteiger partial charge >= 0.3 is 5.97 Å². The van der Waals surface area contributed by atoms with Crippen LogP contribution in [0.1, 0.15) is 61.2 Å². The first-order chi connectivity index (χ1) is 17.0. The molecule has 1 aliphatic heterocycles. The minimum Gasteiger partial charge on any atom is -0.459 e. The zero-order valence-electron chi connectivity index (χ0n) is 20.7. The van der Waals surface area contributed by atoms with Crippen molar-refractivity contribution in [2.45, 2.75) is 50.7 Å². The number of hydrogen-bond donors (Lipinski definition) is 3. The Morgan fingerprint density at radius 2 is 1.78 bits per heavy atom. The van der Waals surface area contributed by atoms with Gasteiger partial charge in [0.05, 0.1) is 5.57 Å². The Labute approximate surface area is 215 Å². The molecule has 1 fully saturated rings. The van der Waals surface area contributed by atoms with Crippen molar-refractivity contribution in [2.24, 2.45) is 0 Å². The van der Waals surface area contributed by atoms with E-state index in [1.54, 1.807) is 57.2 Å². The van der Waals surface area contributed by atoms with Crippen molar-refractivity contribution in [3.05, 3.63) is 81.4 Å². The van der Waals surface area contributed by atoms with Gasteiger partial charge in [0.25, 0.3) is 5.91 Å². The fraction of sp³-hybridized carbons (Fsp3) is 0.393. The summed E-state index contributed by atoms with van der Waals surface area (Å²) in [7, 11) is 0. The number of aliphatic hydroxyl groups excluding tert-OH is 1. The molecular formula is C28H31ClN2O5. The van der Waals surface area contributed by atoms with Crippen LogP contribution in [-0.4, -0.2) is 48.0 Å². The maximum atomic E-state index is 14.0. The SMILES string of the molecule is CC(C)(C)OC(=O)CNC(=O)C1=C(C(=O)c2ccccc2)C2(CCNCC2)c2ccc(Cl)cc2C1O. The number of carbonyl (C=O) groups excluding carboxylic acids is 3. The van der Waals surface area contributed by atoms with Gasteiger partial charge in [0, 0.05) is 21.6 Å². The first-order valence-electron chi connectivity index (χ1n) is 12.1. The van der Waals surface area contributed by atoms with Crippen LogP contribution in [0.15, 0.2) is 59.7 Å². The van der Waals surface area contributed by atoms with Crippen molar-refractivity contribution >= 4 is 29.3 Å². The molecule has 0 saturated carbocycles. The number of Topliss-reactive ketones (excluding diaryl/α,β-unsaturated/α-hetero) is 1. The number of halogens is 1. The Hall–Kier alpha value is -3.00. The molecule has 0 radical (unpaired) electrons. The van der Waals surface area contributed by atoms with Gasteiger partial charge in [-0.25, -0.2) is 0 Å². The van der Waals surface area contributed by atoms with Gasteiger partial charge in [-0.3, -0.25) is 14.4 Å². The summed E-state index contributed by atoms with van der Waals surface area (Å²) >= 11 is 6.29. The molecule has 190 valence electrons. The first kappa shape index (κ1) is 26.1. The van der Waals surface area contributed by atoms with Crippen LogP contribution in [0, 0.1) is 0 Å². The first-order valence-corrected chi connectivity index (χ1v) is 12.4. The molecule has 1 aliphatic carbocycles. The van der Waals surface area contributed by atoms with E-state index >= 15 is 0 Å². The second kappa shape index (κ2) is 10.2. The number of carbonyl (C=O) groups is 3. The predicted molar refractivity (Wildman–Crippen MR) is 137 cm³/mol. The summed E-state index contributed by atoms with van der Waals surface area (Å²) in [6, 6.07) is 14.0. The zero-order chi connectivity index (χ0) is 26.1. The zero-order valence-corrected chi connectivity index (χ0v) is 21.4. The summed E-state index contributed by atoms with van der Waals surface area (Å²) in [5.41, 5.74) is 0.418. The van der Waals surface area contributed by atoms with E-state index in [1.807, 2.05) is 12.1 Å². The molecule has 1 saturated heterocycles. The van der Waals surface area contributed by atoms with Gasteiger partial charge in [-0.05, 0) is 70.0 Å². The van der Waals surface area contributed by atoms with E-state index < -0.39 is 35.5 Å². The van der Waals surface area contributed by atoms with Gasteiger partial charge in [0.1, 0.15) is 18.2 Å². The molecule has 4 rings (SSSR count). The summed E-state index contributed by atoms with van der Waals surface area (Å²) in [5.74, 6) is -1.62. The van der Waals surface area contributed by atoms with Crippen LogP contribution in [0.4, 0.5) is 0 Å². The normalized spacial score (nSPS) is 19.0. The highest BCUT2D eigenvalue weighted by Crippen LogP contribution is 2.51. The number of aliphatic hydroxyl groups is 1. The molecule has 3 N–H and O–H groups in total. The van der Waals surface area contributed by atoms with Crippen molar-refractivity contribution in [3.8, 4) is 0 Å². The van der Waals surface area contributed by atoms with Crippen LogP contribution < -0.4 is 10.6 Å². The maximum Gasteiger partial charge on any atom is 0.325 e. The molecule has 1 atom stereocenters. The number of allylic oxidation sites excluding steroid dienone is 1. The number of hydrogen-bond acceptors (Lipinski definition) is 6. The number of fused-ring (bicyclic) bond motifs is 2. The third-order valence-corrected chi connectivity index (χ3v) is 6.86. The van der Waals surface area contributed by atoms with Crippen molar-refractivity contribution < 1.29 is 24.2 Å². The summed E-state index contributed by atoms with van der Waals surface area (Å²) < 4.78 is 5.30. The van der Waals surface area contributed by atoms with Crippen LogP contribution >= 0.6 is 11.6 Å². The molecule has 1 unspecified atom stereocenters. The second-order valence-electron chi connectivity index (χ2n) is 10.2. The highest BCUT2D eigenvalue weighted by Gasteiger charge is 2.50. The van der Waals surface area contributed by atoms with Crippen molar-refractivity contribution in [1.29, 1.82) is 0 Å². The topological polar surface area (TPSA) is 105 Å². The third kappa shape index (κ3) is 5.09. The number of ketones is 1. The summed E-state index contributed by atoms with van der Waals surface area (Å²) in [5, 5.41) is 17.8. The van der Waals surface area contributed by atoms with Crippen LogP contribution in [0.25, 0.3) is 0 Å². The molecule has 2 aromatic rings. The van der Waals surface area contributed by atoms with Gasteiger partial charge in [0.2, 0.25) is 0 Å². The largest absolute Gasteiger partial charge is 0.459 e. The minimum absolute atomic E-state index is 0.0518. The molecule has 0 aromatic heterocycles. The summed E-state index contributed by atoms with van der Waals surface area (Å²) in [6.45, 7) is 6.08. The number of esters is 1. The van der Waals surface area contributed by atoms with E-state index in [1.165, 1.54) is 0 Å². The molecule has 2 aliphatic rings. The standard InChI is InChI=1S/C28H31ClN2O5/c1-27(2,3)36-21(32)16-31-26(35)22-23(24(33)17-7-5-4-6-8-17)28(11-13-30-14-12-28)20-10-9-18(29)15-19(20)25(22)34/h4-10,15,25,30,34H,11-14,16H2,1-3H3,(H,31,35). The second-order valence-corrected chi connectivity index (χ2v) is 10.7. The monoisotopic (exact) mass is 510 g/mol. The van der Waals surface area contributed by atoms with Gasteiger partial charge < -0.3 is 20.5 Å². The number of benzene rings is 2. The van der Waals surface area contributed by atoms with Crippen LogP contribution in [0.3, 0.4) is 0 Å². The van der Waals surface area contributed by atoms with E-state index in [0.29, 0.717) is 42.1 Å². The van der Waals surface area contributed by atoms with Crippen molar-refractivity contribution in [1.82, 2.24) is 10.6 Å². The Morgan fingerprint density at radius 1 is 1.11 bits per heavy atom. The van der Waals surface area contributed by atoms with Gasteiger partial charge in [-0.15, -0.1) is 0 Å². The third-order valence-electron chi connectivity index (χ3n) is 6.62. The van der Waals surface area contributed by atoms with Gasteiger partial charge in [-0.2, -0.15) is 0 Å². The van der Waals surface area contributed by atoms with Crippen molar-refractivity contribution in [2.75, 3.05) is 19.6 Å². The predicted octanol–water partition coefficient (Wildman–Crippen LogP) is 3.65. The van der Waals surface area contributed by atoms with Crippen molar-refractivity contribution in [3.63, 3.8) is 0 Å². The Balaban J connectivity index is 1.86. The van der Waals surface area contributed by atoms with E-state index in [-0.39, 0.29) is 16.9 Å². The van der Waals surface area contributed by atoms with Gasteiger partial charge in [0.15, 0.2) is 5.78 Å². The molecule has 1 spiro atoms. The Bertz CT molecular complexity index is 1210. The smallest absolute Gasteiger partial charge is 0.325 e. The number of piperidine rings is 1. The lowest BCUT2D eigenvalue weighted by Crippen LogP contribution is -2.48. The van der Waals surface area contributed by atoms with Gasteiger partial charge in [-0.1, -0.05) is 48.0 Å². The maximum absolute atomic E-state index is 14.0. The molecule has 36 heavy (non-hydrogen) atoms. The fourth-order valence-corrected chi connectivity index (χ4v) is 5.37. The number of amides is 1. The van der Waals surface area contributed by atoms with E-state index in [0.717, 1.165) is 5.56 Å². The molecule has 2 aromatic carbocycles. The average molecular weight is 511 g/mol. The highest BCUT2D eigenvalue weighted by atomic mass is 35.5. The lowest BCUT2D eigenvalue weighted by atomic mass is 9.59. The van der Waals surface area contributed by atoms with Crippen LogP contribution in [-0.2, 0) is 19.7 Å². The molecule has 1 heterocycles. The van der Waals surface area contributed by atoms with E-state index in [4.69, 9.17) is 16.3 Å². The number of rotatable bonds is 5. The molecular weight excluding hydrogens is 480 g/mol. The van der Waals surface area contributed by atoms with Crippen LogP contribution in [0.5, 0.6) is 0 Å². The van der Waals surface area contributed by atoms with E-state index in [9.17, 15) is 19.5 Å². The summed E-state index contributed by atoms with van der Waals surface area (Å²) in [6.07, 6.45) is -0.267. The number of nitrogens with one attached hydrogen (secondary N) is 2. The minimum atomic E-state index is -1.39. The average Bonchev–Trinajstić information content (AvgIpc) is 2.84. The highest BCUT2D eigenvalue weighted by molar-refractivity contribution is 6.30. The number of ether oxygens (including phenoxy) is 1. The molecule has 0 bridgehead atoms. The van der Waals surface area contributed by atoms with Crippen LogP contribution in [0.2, 0.25) is 5.02 Å². The fourth-order valence-electron chi connectivity index (χ4n) is 5.19. The lowest BCUT2D eigenvalue weighted by molar-refractivity contribution is -0.154. The van der Waals surface area contributed by atoms with E-state index in [2.05, 4.69) is 10.6 Å². The quantitative estimate of drug-likeness (QED) is 0.419. The molecule has 7 nitrogen and oxygen atoms in total.